The Hall–Kier alpha value is -2.50. The summed E-state index contributed by atoms with van der Waals surface area (Å²) in [5.41, 5.74) is 0.513. The zero-order valence-electron chi connectivity index (χ0n) is 17.3. The third-order valence-electron chi connectivity index (χ3n) is 4.89. The van der Waals surface area contributed by atoms with Gasteiger partial charge in [0.25, 0.3) is 0 Å². The lowest BCUT2D eigenvalue weighted by Gasteiger charge is -2.31. The highest BCUT2D eigenvalue weighted by Crippen LogP contribution is 2.23. The Morgan fingerprint density at radius 3 is 2.31 bits per heavy atom. The summed E-state index contributed by atoms with van der Waals surface area (Å²) in [6, 6.07) is 9.26. The van der Waals surface area contributed by atoms with Crippen molar-refractivity contribution in [3.8, 4) is 0 Å². The van der Waals surface area contributed by atoms with Crippen LogP contribution >= 0.6 is 11.8 Å². The molecule has 1 aliphatic heterocycles. The van der Waals surface area contributed by atoms with E-state index >= 15 is 0 Å². The topological polar surface area (TPSA) is 95.6 Å². The molecule has 0 unspecified atom stereocenters. The van der Waals surface area contributed by atoms with E-state index in [9.17, 15) is 26.8 Å². The number of nitrogens with zero attached hydrogens (tertiary/aromatic N) is 1. The highest BCUT2D eigenvalue weighted by atomic mass is 32.2. The summed E-state index contributed by atoms with van der Waals surface area (Å²) < 4.78 is 53.3. The molecule has 1 fully saturated rings. The third-order valence-corrected chi connectivity index (χ3v) is 7.80. The van der Waals surface area contributed by atoms with Gasteiger partial charge in [0.05, 0.1) is 10.6 Å². The van der Waals surface area contributed by atoms with E-state index in [1.54, 1.807) is 0 Å². The smallest absolute Gasteiger partial charge is 0.243 e. The minimum atomic E-state index is -3.68. The maximum atomic E-state index is 13.2. The molecule has 2 N–H and O–H groups in total. The first-order valence-corrected chi connectivity index (χ1v) is 12.3. The van der Waals surface area contributed by atoms with E-state index in [4.69, 9.17) is 0 Å². The predicted molar refractivity (Wildman–Crippen MR) is 118 cm³/mol. The average Bonchev–Trinajstić information content (AvgIpc) is 2.75. The number of rotatable bonds is 7. The number of carbonyl (C=O) groups excluding carboxylic acids is 2. The number of nitrogens with one attached hydrogen (secondary N) is 2. The number of amides is 2. The number of hydrogen-bond acceptors (Lipinski definition) is 5. The normalized spacial score (nSPS) is 15.3. The van der Waals surface area contributed by atoms with Crippen molar-refractivity contribution >= 4 is 39.3 Å². The fraction of sp³-hybridized carbons (Fsp3) is 0.333. The number of anilines is 1. The number of thioether (sulfide) groups is 1. The molecule has 0 radical (unpaired) electrons. The molecular formula is C21H23F2N3O4S2. The first kappa shape index (κ1) is 24.1. The summed E-state index contributed by atoms with van der Waals surface area (Å²) in [6.45, 7) is 1.89. The fourth-order valence-corrected chi connectivity index (χ4v) is 5.49. The van der Waals surface area contributed by atoms with E-state index in [0.717, 1.165) is 23.9 Å². The lowest BCUT2D eigenvalue weighted by molar-refractivity contribution is -0.119. The van der Waals surface area contributed by atoms with Gasteiger partial charge in [-0.15, -0.1) is 11.8 Å². The van der Waals surface area contributed by atoms with Crippen LogP contribution in [0.3, 0.4) is 0 Å². The molecule has 2 aromatic rings. The summed E-state index contributed by atoms with van der Waals surface area (Å²) >= 11 is 1.10. The average molecular weight is 484 g/mol. The van der Waals surface area contributed by atoms with Crippen molar-refractivity contribution in [3.63, 3.8) is 0 Å². The van der Waals surface area contributed by atoms with Crippen LogP contribution in [0.25, 0.3) is 0 Å². The van der Waals surface area contributed by atoms with Gasteiger partial charge in [-0.2, -0.15) is 4.31 Å². The van der Waals surface area contributed by atoms with Gasteiger partial charge in [-0.3, -0.25) is 9.59 Å². The number of halogens is 2. The maximum Gasteiger partial charge on any atom is 0.243 e. The number of carbonyl (C=O) groups is 2. The largest absolute Gasteiger partial charge is 0.353 e. The van der Waals surface area contributed by atoms with Gasteiger partial charge in [0, 0.05) is 36.6 Å². The van der Waals surface area contributed by atoms with Crippen LogP contribution in [0.1, 0.15) is 19.8 Å². The standard InChI is InChI=1S/C21H23F2N3O4S2/c1-14(27)24-15-2-5-18(6-3-15)32(29,30)26-10-8-16(9-11-26)25-21(28)13-31-17-4-7-19(22)20(23)12-17/h2-7,12,16H,8-11,13H2,1H3,(H,24,27)(H,25,28). The Bertz CT molecular complexity index is 1090. The molecule has 2 aromatic carbocycles. The Kier molecular flexibility index (Phi) is 7.86. The number of benzene rings is 2. The van der Waals surface area contributed by atoms with Gasteiger partial charge in [-0.1, -0.05) is 0 Å². The molecule has 3 rings (SSSR count). The van der Waals surface area contributed by atoms with Gasteiger partial charge in [0.15, 0.2) is 11.6 Å². The van der Waals surface area contributed by atoms with Gasteiger partial charge in [0.1, 0.15) is 0 Å². The molecule has 0 atom stereocenters. The summed E-state index contributed by atoms with van der Waals surface area (Å²) in [6.07, 6.45) is 0.926. The molecule has 2 amide bonds. The highest BCUT2D eigenvalue weighted by Gasteiger charge is 2.30. The summed E-state index contributed by atoms with van der Waals surface area (Å²) in [5, 5.41) is 5.45. The van der Waals surface area contributed by atoms with E-state index in [-0.39, 0.29) is 41.6 Å². The van der Waals surface area contributed by atoms with Crippen LogP contribution in [-0.2, 0) is 19.6 Å². The molecule has 0 spiro atoms. The first-order valence-electron chi connectivity index (χ1n) is 9.90. The molecule has 0 saturated carbocycles. The van der Waals surface area contributed by atoms with Crippen molar-refractivity contribution in [2.45, 2.75) is 35.6 Å². The van der Waals surface area contributed by atoms with Crippen LogP contribution in [0.4, 0.5) is 14.5 Å². The van der Waals surface area contributed by atoms with Crippen LogP contribution in [0.15, 0.2) is 52.3 Å². The van der Waals surface area contributed by atoms with Crippen molar-refractivity contribution in [1.82, 2.24) is 9.62 Å². The maximum absolute atomic E-state index is 13.2. The molecule has 0 bridgehead atoms. The molecule has 172 valence electrons. The minimum absolute atomic E-state index is 0.0459. The molecule has 32 heavy (non-hydrogen) atoms. The molecule has 11 heteroatoms. The second-order valence-electron chi connectivity index (χ2n) is 7.32. The van der Waals surface area contributed by atoms with Crippen molar-refractivity contribution in [2.75, 3.05) is 24.2 Å². The van der Waals surface area contributed by atoms with Crippen LogP contribution in [0.5, 0.6) is 0 Å². The molecule has 1 saturated heterocycles. The van der Waals surface area contributed by atoms with E-state index < -0.39 is 21.7 Å². The van der Waals surface area contributed by atoms with E-state index in [1.807, 2.05) is 0 Å². The lowest BCUT2D eigenvalue weighted by Crippen LogP contribution is -2.46. The second kappa shape index (κ2) is 10.4. The van der Waals surface area contributed by atoms with Crippen LogP contribution < -0.4 is 10.6 Å². The molecular weight excluding hydrogens is 460 g/mol. The third kappa shape index (κ3) is 6.27. The SMILES string of the molecule is CC(=O)Nc1ccc(S(=O)(=O)N2CCC(NC(=O)CSc3ccc(F)c(F)c3)CC2)cc1. The highest BCUT2D eigenvalue weighted by molar-refractivity contribution is 8.00. The second-order valence-corrected chi connectivity index (χ2v) is 10.3. The van der Waals surface area contributed by atoms with Crippen LogP contribution in [0, 0.1) is 11.6 Å². The van der Waals surface area contributed by atoms with E-state index in [1.165, 1.54) is 41.6 Å². The van der Waals surface area contributed by atoms with Crippen molar-refractivity contribution < 1.29 is 26.8 Å². The van der Waals surface area contributed by atoms with Gasteiger partial charge >= 0.3 is 0 Å². The molecule has 0 aliphatic carbocycles. The summed E-state index contributed by atoms with van der Waals surface area (Å²) in [5.74, 6) is -2.36. The van der Waals surface area contributed by atoms with Gasteiger partial charge < -0.3 is 10.6 Å². The molecule has 7 nitrogen and oxygen atoms in total. The van der Waals surface area contributed by atoms with Gasteiger partial charge in [-0.05, 0) is 55.3 Å². The van der Waals surface area contributed by atoms with Crippen molar-refractivity contribution in [3.05, 3.63) is 54.1 Å². The molecule has 1 heterocycles. The Balaban J connectivity index is 1.48. The molecule has 0 aromatic heterocycles. The van der Waals surface area contributed by atoms with Crippen molar-refractivity contribution in [1.29, 1.82) is 0 Å². The Morgan fingerprint density at radius 1 is 1.06 bits per heavy atom. The fourth-order valence-electron chi connectivity index (χ4n) is 3.29. The van der Waals surface area contributed by atoms with Gasteiger partial charge in [0.2, 0.25) is 21.8 Å². The number of sulfonamides is 1. The summed E-state index contributed by atoms with van der Waals surface area (Å²) in [4.78, 5) is 23.9. The zero-order valence-corrected chi connectivity index (χ0v) is 18.9. The molecule has 1 aliphatic rings. The van der Waals surface area contributed by atoms with E-state index in [2.05, 4.69) is 10.6 Å². The summed E-state index contributed by atoms with van der Waals surface area (Å²) in [7, 11) is -3.68. The van der Waals surface area contributed by atoms with Gasteiger partial charge in [-0.25, -0.2) is 17.2 Å². The van der Waals surface area contributed by atoms with E-state index in [0.29, 0.717) is 23.4 Å². The minimum Gasteiger partial charge on any atom is -0.353 e. The number of hydrogen-bond donors (Lipinski definition) is 2. The van der Waals surface area contributed by atoms with Crippen LogP contribution in [0.2, 0.25) is 0 Å². The Labute approximate surface area is 189 Å². The van der Waals surface area contributed by atoms with Crippen LogP contribution in [-0.4, -0.2) is 49.4 Å². The van der Waals surface area contributed by atoms with Crippen molar-refractivity contribution in [2.24, 2.45) is 0 Å². The lowest BCUT2D eigenvalue weighted by atomic mass is 10.1. The monoisotopic (exact) mass is 483 g/mol. The quantitative estimate of drug-likeness (QED) is 0.591. The first-order chi connectivity index (χ1) is 15.1. The Morgan fingerprint density at radius 2 is 1.72 bits per heavy atom. The number of piperidine rings is 1. The predicted octanol–water partition coefficient (Wildman–Crippen LogP) is 2.98. The zero-order chi connectivity index (χ0) is 23.3.